The highest BCUT2D eigenvalue weighted by Crippen LogP contribution is 2.05. The van der Waals surface area contributed by atoms with Crippen LogP contribution in [0.15, 0.2) is 29.2 Å². The van der Waals surface area contributed by atoms with E-state index in [1.165, 1.54) is 12.6 Å². The minimum atomic E-state index is -0.313. The van der Waals surface area contributed by atoms with Crippen molar-refractivity contribution in [3.63, 3.8) is 0 Å². The van der Waals surface area contributed by atoms with Gasteiger partial charge in [-0.2, -0.15) is 4.98 Å². The lowest BCUT2D eigenvalue weighted by molar-refractivity contribution is 0.0950. The quantitative estimate of drug-likeness (QED) is 0.770. The van der Waals surface area contributed by atoms with Gasteiger partial charge in [0.1, 0.15) is 0 Å². The Balaban J connectivity index is 1.88. The molecule has 0 saturated carbocycles. The van der Waals surface area contributed by atoms with Crippen molar-refractivity contribution in [1.82, 2.24) is 20.4 Å². The number of hydrogen-bond donors (Lipinski definition) is 2. The van der Waals surface area contributed by atoms with E-state index < -0.39 is 0 Å². The second-order valence-electron chi connectivity index (χ2n) is 3.29. The van der Waals surface area contributed by atoms with E-state index in [9.17, 15) is 4.79 Å². The molecule has 0 fully saturated rings. The zero-order valence-corrected chi connectivity index (χ0v) is 8.96. The number of amides is 1. The third kappa shape index (κ3) is 2.77. The van der Waals surface area contributed by atoms with E-state index in [1.807, 2.05) is 0 Å². The first-order chi connectivity index (χ1) is 8.27. The van der Waals surface area contributed by atoms with Gasteiger partial charge in [-0.3, -0.25) is 4.79 Å². The fraction of sp³-hybridized carbons (Fsp3) is 0.200. The maximum absolute atomic E-state index is 11.7. The molecule has 0 radical (unpaired) electrons. The summed E-state index contributed by atoms with van der Waals surface area (Å²) >= 11 is 0. The smallest absolute Gasteiger partial charge is 0.272 e. The molecule has 0 bridgehead atoms. The van der Waals surface area contributed by atoms with Gasteiger partial charge in [-0.25, -0.2) is 4.98 Å². The molecule has 17 heavy (non-hydrogen) atoms. The number of nitrogens with two attached hydrogens (primary N) is 1. The van der Waals surface area contributed by atoms with E-state index in [2.05, 4.69) is 25.0 Å². The molecule has 0 aliphatic rings. The predicted octanol–water partition coefficient (Wildman–Crippen LogP) is 0.0193. The van der Waals surface area contributed by atoms with Crippen molar-refractivity contribution in [2.75, 3.05) is 12.3 Å². The second kappa shape index (κ2) is 5.06. The van der Waals surface area contributed by atoms with Crippen molar-refractivity contribution in [2.45, 2.75) is 6.42 Å². The highest BCUT2D eigenvalue weighted by molar-refractivity contribution is 5.96. The molecule has 0 atom stereocenters. The van der Waals surface area contributed by atoms with Gasteiger partial charge < -0.3 is 15.6 Å². The van der Waals surface area contributed by atoms with E-state index in [1.54, 1.807) is 12.1 Å². The van der Waals surface area contributed by atoms with E-state index in [4.69, 9.17) is 5.73 Å². The van der Waals surface area contributed by atoms with Crippen LogP contribution in [0.25, 0.3) is 0 Å². The molecule has 3 N–H and O–H groups in total. The predicted molar refractivity (Wildman–Crippen MR) is 59.0 cm³/mol. The van der Waals surface area contributed by atoms with Crippen LogP contribution < -0.4 is 11.1 Å². The van der Waals surface area contributed by atoms with Crippen LogP contribution in [-0.2, 0) is 6.42 Å². The molecule has 2 rings (SSSR count). The zero-order chi connectivity index (χ0) is 12.1. The van der Waals surface area contributed by atoms with Gasteiger partial charge in [0, 0.05) is 19.2 Å². The van der Waals surface area contributed by atoms with Gasteiger partial charge >= 0.3 is 0 Å². The van der Waals surface area contributed by atoms with E-state index in [0.717, 1.165) is 0 Å². The Morgan fingerprint density at radius 1 is 1.47 bits per heavy atom. The van der Waals surface area contributed by atoms with Gasteiger partial charge in [-0.05, 0) is 12.1 Å². The molecule has 0 aliphatic heterocycles. The molecule has 0 saturated heterocycles. The van der Waals surface area contributed by atoms with Crippen LogP contribution in [0.5, 0.6) is 0 Å². The van der Waals surface area contributed by atoms with Crippen molar-refractivity contribution in [1.29, 1.82) is 0 Å². The number of nitrogens with one attached hydrogen (secondary N) is 1. The average Bonchev–Trinajstić information content (AvgIpc) is 2.82. The molecule has 1 amide bonds. The Morgan fingerprint density at radius 3 is 3.06 bits per heavy atom. The zero-order valence-electron chi connectivity index (χ0n) is 8.96. The molecule has 2 aromatic rings. The number of nitrogens with zero attached hydrogens (tertiary/aromatic N) is 3. The van der Waals surface area contributed by atoms with Crippen molar-refractivity contribution < 1.29 is 9.32 Å². The number of rotatable bonds is 4. The monoisotopic (exact) mass is 233 g/mol. The van der Waals surface area contributed by atoms with Gasteiger partial charge in [-0.1, -0.05) is 5.16 Å². The van der Waals surface area contributed by atoms with E-state index >= 15 is 0 Å². The Labute approximate surface area is 97.0 Å². The van der Waals surface area contributed by atoms with Crippen LogP contribution in [0.2, 0.25) is 0 Å². The van der Waals surface area contributed by atoms with Gasteiger partial charge in [0.2, 0.25) is 6.39 Å². The van der Waals surface area contributed by atoms with E-state index in [-0.39, 0.29) is 11.6 Å². The summed E-state index contributed by atoms with van der Waals surface area (Å²) < 4.78 is 4.57. The molecule has 7 heteroatoms. The SMILES string of the molecule is Nc1cccnc1C(=O)NCCc1ncon1. The lowest BCUT2D eigenvalue weighted by atomic mass is 10.3. The topological polar surface area (TPSA) is 107 Å². The molecule has 0 aliphatic carbocycles. The van der Waals surface area contributed by atoms with Crippen LogP contribution in [0, 0.1) is 0 Å². The number of carbonyl (C=O) groups is 1. The molecule has 0 unspecified atom stereocenters. The lowest BCUT2D eigenvalue weighted by Crippen LogP contribution is -2.27. The molecule has 2 aromatic heterocycles. The Bertz CT molecular complexity index is 497. The summed E-state index contributed by atoms with van der Waals surface area (Å²) in [6.45, 7) is 0.397. The van der Waals surface area contributed by atoms with Crippen LogP contribution in [-0.4, -0.2) is 27.6 Å². The summed E-state index contributed by atoms with van der Waals surface area (Å²) in [5, 5.41) is 6.30. The Kier molecular flexibility index (Phi) is 3.29. The largest absolute Gasteiger partial charge is 0.397 e. The summed E-state index contributed by atoms with van der Waals surface area (Å²) in [5.41, 5.74) is 6.20. The first-order valence-corrected chi connectivity index (χ1v) is 5.01. The highest BCUT2D eigenvalue weighted by Gasteiger charge is 2.10. The molecule has 7 nitrogen and oxygen atoms in total. The number of anilines is 1. The summed E-state index contributed by atoms with van der Waals surface area (Å²) in [6, 6.07) is 3.30. The maximum atomic E-state index is 11.7. The summed E-state index contributed by atoms with van der Waals surface area (Å²) in [7, 11) is 0. The molecular weight excluding hydrogens is 222 g/mol. The second-order valence-corrected chi connectivity index (χ2v) is 3.29. The number of pyridine rings is 1. The Morgan fingerprint density at radius 2 is 2.35 bits per heavy atom. The fourth-order valence-electron chi connectivity index (χ4n) is 1.28. The first-order valence-electron chi connectivity index (χ1n) is 5.01. The van der Waals surface area contributed by atoms with Gasteiger partial charge in [0.15, 0.2) is 11.5 Å². The third-order valence-corrected chi connectivity index (χ3v) is 2.10. The van der Waals surface area contributed by atoms with Crippen molar-refractivity contribution >= 4 is 11.6 Å². The molecule has 88 valence electrons. The number of aromatic nitrogens is 3. The maximum Gasteiger partial charge on any atom is 0.272 e. The fourth-order valence-corrected chi connectivity index (χ4v) is 1.28. The van der Waals surface area contributed by atoms with Crippen molar-refractivity contribution in [2.24, 2.45) is 0 Å². The highest BCUT2D eigenvalue weighted by atomic mass is 16.5. The minimum absolute atomic E-state index is 0.223. The standard InChI is InChI=1S/C10H11N5O2/c11-7-2-1-4-12-9(7)10(16)13-5-3-8-14-6-17-15-8/h1-2,4,6H,3,5,11H2,(H,13,16). The van der Waals surface area contributed by atoms with Crippen LogP contribution in [0.1, 0.15) is 16.3 Å². The Hall–Kier alpha value is -2.44. The van der Waals surface area contributed by atoms with Crippen LogP contribution in [0.4, 0.5) is 5.69 Å². The van der Waals surface area contributed by atoms with Gasteiger partial charge in [-0.15, -0.1) is 0 Å². The molecule has 2 heterocycles. The molecular formula is C10H11N5O2. The normalized spacial score (nSPS) is 10.1. The summed E-state index contributed by atoms with van der Waals surface area (Å²) in [4.78, 5) is 19.4. The lowest BCUT2D eigenvalue weighted by Gasteiger charge is -2.04. The summed E-state index contributed by atoms with van der Waals surface area (Å²) in [6.07, 6.45) is 3.26. The van der Waals surface area contributed by atoms with Crippen molar-refractivity contribution in [3.05, 3.63) is 36.2 Å². The van der Waals surface area contributed by atoms with Gasteiger partial charge in [0.05, 0.1) is 5.69 Å². The number of nitrogen functional groups attached to an aromatic ring is 1. The number of hydrogen-bond acceptors (Lipinski definition) is 6. The van der Waals surface area contributed by atoms with Crippen LogP contribution in [0.3, 0.4) is 0 Å². The molecule has 0 aromatic carbocycles. The van der Waals surface area contributed by atoms with Crippen LogP contribution >= 0.6 is 0 Å². The molecule has 0 spiro atoms. The van der Waals surface area contributed by atoms with Gasteiger partial charge in [0.25, 0.3) is 5.91 Å². The summed E-state index contributed by atoms with van der Waals surface area (Å²) in [5.74, 6) is 0.228. The minimum Gasteiger partial charge on any atom is -0.397 e. The average molecular weight is 233 g/mol. The first kappa shape index (κ1) is 11.1. The number of carbonyl (C=O) groups excluding carboxylic acids is 1. The third-order valence-electron chi connectivity index (χ3n) is 2.10. The van der Waals surface area contributed by atoms with E-state index in [0.29, 0.717) is 24.5 Å². The van der Waals surface area contributed by atoms with Crippen molar-refractivity contribution in [3.8, 4) is 0 Å².